The van der Waals surface area contributed by atoms with Crippen molar-refractivity contribution >= 4 is 29.5 Å². The van der Waals surface area contributed by atoms with Crippen LogP contribution in [0.1, 0.15) is 44.9 Å². The summed E-state index contributed by atoms with van der Waals surface area (Å²) in [7, 11) is 0. The van der Waals surface area contributed by atoms with Crippen LogP contribution in [0.2, 0.25) is 0 Å². The molecule has 1 N–H and O–H groups in total. The quantitative estimate of drug-likeness (QED) is 0.840. The fourth-order valence-electron chi connectivity index (χ4n) is 4.00. The van der Waals surface area contributed by atoms with E-state index in [9.17, 15) is 14.4 Å². The van der Waals surface area contributed by atoms with E-state index in [-0.39, 0.29) is 30.2 Å². The van der Waals surface area contributed by atoms with Crippen molar-refractivity contribution in [3.05, 3.63) is 0 Å². The van der Waals surface area contributed by atoms with E-state index in [0.717, 1.165) is 38.5 Å². The molecule has 23 heavy (non-hydrogen) atoms. The Hall–Kier alpha value is -1.24. The summed E-state index contributed by atoms with van der Waals surface area (Å²) in [6.45, 7) is 0.614. The van der Waals surface area contributed by atoms with Crippen LogP contribution in [0.5, 0.6) is 0 Å². The first-order chi connectivity index (χ1) is 11.1. The third-order valence-electron chi connectivity index (χ3n) is 5.23. The minimum Gasteiger partial charge on any atom is -0.481 e. The second kappa shape index (κ2) is 7.11. The van der Waals surface area contributed by atoms with Gasteiger partial charge in [-0.15, -0.1) is 11.8 Å². The number of carboxylic acids is 1. The van der Waals surface area contributed by atoms with Crippen molar-refractivity contribution in [1.82, 2.24) is 9.80 Å². The van der Waals surface area contributed by atoms with Crippen molar-refractivity contribution in [2.75, 3.05) is 18.2 Å². The molecule has 0 aromatic heterocycles. The van der Waals surface area contributed by atoms with Gasteiger partial charge in [0.05, 0.1) is 12.3 Å². The number of thioether (sulfide) groups is 1. The number of aliphatic carboxylic acids is 1. The van der Waals surface area contributed by atoms with Gasteiger partial charge in [0.1, 0.15) is 6.04 Å². The summed E-state index contributed by atoms with van der Waals surface area (Å²) in [5.74, 6) is 0.508. The lowest BCUT2D eigenvalue weighted by Crippen LogP contribution is -2.51. The van der Waals surface area contributed by atoms with Gasteiger partial charge in [-0.05, 0) is 25.7 Å². The molecule has 128 valence electrons. The van der Waals surface area contributed by atoms with E-state index in [1.165, 1.54) is 0 Å². The normalized spacial score (nSPS) is 28.5. The molecule has 0 aromatic carbocycles. The van der Waals surface area contributed by atoms with E-state index in [4.69, 9.17) is 5.11 Å². The van der Waals surface area contributed by atoms with Crippen molar-refractivity contribution in [2.24, 2.45) is 5.92 Å². The van der Waals surface area contributed by atoms with Crippen LogP contribution in [0, 0.1) is 5.92 Å². The van der Waals surface area contributed by atoms with Crippen LogP contribution < -0.4 is 0 Å². The largest absolute Gasteiger partial charge is 0.481 e. The van der Waals surface area contributed by atoms with Crippen LogP contribution in [0.4, 0.5) is 0 Å². The zero-order valence-corrected chi connectivity index (χ0v) is 14.1. The van der Waals surface area contributed by atoms with Crippen molar-refractivity contribution in [3.8, 4) is 0 Å². The second-order valence-electron chi connectivity index (χ2n) is 6.73. The molecule has 2 atom stereocenters. The highest BCUT2D eigenvalue weighted by Gasteiger charge is 2.42. The Kier molecular flexibility index (Phi) is 5.14. The van der Waals surface area contributed by atoms with Gasteiger partial charge in [0.15, 0.2) is 0 Å². The van der Waals surface area contributed by atoms with Crippen LogP contribution in [-0.4, -0.2) is 62.9 Å². The standard InChI is InChI=1S/C16H24N2O4S/c19-14(20)8-12-6-3-7-17(12)16(22)13-9-23-10-18(13)15(21)11-4-1-2-5-11/h11-13H,1-10H2,(H,19,20). The molecule has 1 saturated carbocycles. The summed E-state index contributed by atoms with van der Waals surface area (Å²) < 4.78 is 0. The fraction of sp³-hybridized carbons (Fsp3) is 0.812. The molecule has 2 amide bonds. The van der Waals surface area contributed by atoms with Gasteiger partial charge in [-0.2, -0.15) is 0 Å². The maximum Gasteiger partial charge on any atom is 0.305 e. The number of hydrogen-bond acceptors (Lipinski definition) is 4. The van der Waals surface area contributed by atoms with Gasteiger partial charge in [0.25, 0.3) is 0 Å². The van der Waals surface area contributed by atoms with Crippen LogP contribution in [0.3, 0.4) is 0 Å². The molecular formula is C16H24N2O4S. The summed E-state index contributed by atoms with van der Waals surface area (Å²) in [4.78, 5) is 40.0. The first-order valence-corrected chi connectivity index (χ1v) is 9.64. The number of hydrogen-bond donors (Lipinski definition) is 1. The molecule has 0 bridgehead atoms. The molecule has 1 aliphatic carbocycles. The number of likely N-dealkylation sites (tertiary alicyclic amines) is 1. The first kappa shape index (κ1) is 16.6. The molecule has 2 unspecified atom stereocenters. The zero-order chi connectivity index (χ0) is 16.4. The number of rotatable bonds is 4. The molecule has 2 saturated heterocycles. The van der Waals surface area contributed by atoms with Crippen molar-refractivity contribution < 1.29 is 19.5 Å². The Labute approximate surface area is 140 Å². The van der Waals surface area contributed by atoms with E-state index in [0.29, 0.717) is 18.2 Å². The highest BCUT2D eigenvalue weighted by molar-refractivity contribution is 7.99. The molecule has 0 spiro atoms. The predicted molar refractivity (Wildman–Crippen MR) is 86.9 cm³/mol. The maximum absolute atomic E-state index is 12.9. The van der Waals surface area contributed by atoms with Crippen LogP contribution in [0.25, 0.3) is 0 Å². The lowest BCUT2D eigenvalue weighted by atomic mass is 10.1. The van der Waals surface area contributed by atoms with E-state index >= 15 is 0 Å². The summed E-state index contributed by atoms with van der Waals surface area (Å²) >= 11 is 1.62. The van der Waals surface area contributed by atoms with Crippen LogP contribution in [-0.2, 0) is 14.4 Å². The molecule has 0 aromatic rings. The Balaban J connectivity index is 1.67. The molecule has 7 heteroatoms. The SMILES string of the molecule is O=C(O)CC1CCCN1C(=O)C1CSCN1C(=O)C1CCCC1. The van der Waals surface area contributed by atoms with Crippen molar-refractivity contribution in [3.63, 3.8) is 0 Å². The molecular weight excluding hydrogens is 316 g/mol. The molecule has 2 heterocycles. The number of carboxylic acid groups (broad SMARTS) is 1. The predicted octanol–water partition coefficient (Wildman–Crippen LogP) is 1.54. The molecule has 3 fully saturated rings. The fourth-order valence-corrected chi connectivity index (χ4v) is 5.16. The molecule has 3 rings (SSSR count). The number of carbonyl (C=O) groups excluding carboxylic acids is 2. The molecule has 0 radical (unpaired) electrons. The first-order valence-electron chi connectivity index (χ1n) is 8.48. The highest BCUT2D eigenvalue weighted by atomic mass is 32.2. The lowest BCUT2D eigenvalue weighted by Gasteiger charge is -2.31. The average Bonchev–Trinajstić information content (AvgIpc) is 3.26. The summed E-state index contributed by atoms with van der Waals surface area (Å²) in [6.07, 6.45) is 5.67. The summed E-state index contributed by atoms with van der Waals surface area (Å²) in [6, 6.07) is -0.614. The van der Waals surface area contributed by atoms with Gasteiger partial charge in [0.2, 0.25) is 11.8 Å². The third kappa shape index (κ3) is 3.49. The van der Waals surface area contributed by atoms with Crippen molar-refractivity contribution in [2.45, 2.75) is 57.0 Å². The molecule has 2 aliphatic heterocycles. The van der Waals surface area contributed by atoms with E-state index < -0.39 is 12.0 Å². The zero-order valence-electron chi connectivity index (χ0n) is 13.3. The Morgan fingerprint density at radius 3 is 2.43 bits per heavy atom. The smallest absolute Gasteiger partial charge is 0.305 e. The third-order valence-corrected chi connectivity index (χ3v) is 6.24. The van der Waals surface area contributed by atoms with Crippen LogP contribution in [0.15, 0.2) is 0 Å². The number of carbonyl (C=O) groups is 3. The van der Waals surface area contributed by atoms with Gasteiger partial charge in [-0.25, -0.2) is 0 Å². The molecule has 3 aliphatic rings. The van der Waals surface area contributed by atoms with Crippen LogP contribution >= 0.6 is 11.8 Å². The molecule has 6 nitrogen and oxygen atoms in total. The Morgan fingerprint density at radius 1 is 1.00 bits per heavy atom. The van der Waals surface area contributed by atoms with Gasteiger partial charge in [-0.3, -0.25) is 14.4 Å². The highest BCUT2D eigenvalue weighted by Crippen LogP contribution is 2.32. The lowest BCUT2D eigenvalue weighted by molar-refractivity contribution is -0.147. The van der Waals surface area contributed by atoms with E-state index in [1.54, 1.807) is 21.6 Å². The van der Waals surface area contributed by atoms with Gasteiger partial charge >= 0.3 is 5.97 Å². The maximum atomic E-state index is 12.9. The van der Waals surface area contributed by atoms with E-state index in [2.05, 4.69) is 0 Å². The summed E-state index contributed by atoms with van der Waals surface area (Å²) in [5, 5.41) is 9.02. The average molecular weight is 340 g/mol. The van der Waals surface area contributed by atoms with Gasteiger partial charge < -0.3 is 14.9 Å². The summed E-state index contributed by atoms with van der Waals surface area (Å²) in [5.41, 5.74) is 0. The Bertz CT molecular complexity index is 492. The monoisotopic (exact) mass is 340 g/mol. The van der Waals surface area contributed by atoms with E-state index in [1.807, 2.05) is 0 Å². The van der Waals surface area contributed by atoms with Gasteiger partial charge in [-0.1, -0.05) is 12.8 Å². The van der Waals surface area contributed by atoms with Gasteiger partial charge in [0, 0.05) is 24.3 Å². The second-order valence-corrected chi connectivity index (χ2v) is 7.73. The minimum atomic E-state index is -0.866. The number of nitrogens with zero attached hydrogens (tertiary/aromatic N) is 2. The topological polar surface area (TPSA) is 77.9 Å². The minimum absolute atomic E-state index is 0.00216. The van der Waals surface area contributed by atoms with Crippen molar-refractivity contribution in [1.29, 1.82) is 0 Å². The number of amides is 2. The Morgan fingerprint density at radius 2 is 1.74 bits per heavy atom.